The van der Waals surface area contributed by atoms with Gasteiger partial charge in [0.05, 0.1) is 71.0 Å². The lowest BCUT2D eigenvalue weighted by Gasteiger charge is -2.45. The third-order valence-corrected chi connectivity index (χ3v) is 12.8. The van der Waals surface area contributed by atoms with Crippen molar-refractivity contribution < 1.29 is 44.7 Å². The van der Waals surface area contributed by atoms with Crippen LogP contribution in [0.5, 0.6) is 0 Å². The largest absolute Gasteiger partial charge is 0.419 e. The van der Waals surface area contributed by atoms with Gasteiger partial charge in [-0.1, -0.05) is 36.7 Å². The zero-order chi connectivity index (χ0) is 51.0. The van der Waals surface area contributed by atoms with Crippen LogP contribution in [-0.4, -0.2) is 106 Å². The molecule has 8 rings (SSSR count). The molecule has 2 unspecified atom stereocenters. The fraction of sp³-hybridized carbons (Fsp3) is 0.354. The van der Waals surface area contributed by atoms with Gasteiger partial charge in [0.1, 0.15) is 5.82 Å². The summed E-state index contributed by atoms with van der Waals surface area (Å²) in [6, 6.07) is 11.2. The number of pyridine rings is 1. The zero-order valence-corrected chi connectivity index (χ0v) is 38.8. The van der Waals surface area contributed by atoms with Crippen molar-refractivity contribution in [1.29, 1.82) is 5.26 Å². The van der Waals surface area contributed by atoms with Crippen LogP contribution in [0.4, 0.5) is 47.0 Å². The molecule has 0 saturated carbocycles. The topological polar surface area (TPSA) is 171 Å². The number of amides is 2. The minimum atomic E-state index is -4.69. The summed E-state index contributed by atoms with van der Waals surface area (Å²) in [5.74, 6) is -10.9. The van der Waals surface area contributed by atoms with Crippen LogP contribution in [-0.2, 0) is 19.6 Å². The number of alkyl halides is 7. The van der Waals surface area contributed by atoms with Crippen LogP contribution < -0.4 is 10.6 Å². The maximum atomic E-state index is 16.2. The minimum Gasteiger partial charge on any atom is -0.352 e. The Balaban J connectivity index is 1.12. The highest BCUT2D eigenvalue weighted by Crippen LogP contribution is 2.41. The Morgan fingerprint density at radius 2 is 1.42 bits per heavy atom. The molecule has 4 atom stereocenters. The zero-order valence-electron chi connectivity index (χ0n) is 38.0. The average Bonchev–Trinajstić information content (AvgIpc) is 3.72. The molecule has 370 valence electrons. The molecular formula is C48H43ClF8N12O2. The van der Waals surface area contributed by atoms with E-state index < -0.39 is 91.1 Å². The number of carbonyl (C=O) groups is 2. The molecule has 2 amide bonds. The predicted octanol–water partition coefficient (Wildman–Crippen LogP) is 9.14. The quantitative estimate of drug-likeness (QED) is 0.112. The van der Waals surface area contributed by atoms with Gasteiger partial charge in [-0.2, -0.15) is 23.5 Å². The molecule has 0 aliphatic carbocycles. The van der Waals surface area contributed by atoms with E-state index in [-0.39, 0.29) is 70.1 Å². The van der Waals surface area contributed by atoms with E-state index in [1.807, 2.05) is 6.07 Å². The molecule has 2 aliphatic rings. The molecular weight excluding hydrogens is 964 g/mol. The second kappa shape index (κ2) is 19.8. The number of nitrogens with one attached hydrogen (secondary N) is 2. The van der Waals surface area contributed by atoms with E-state index in [2.05, 4.69) is 40.7 Å². The van der Waals surface area contributed by atoms with Crippen molar-refractivity contribution in [3.05, 3.63) is 130 Å². The van der Waals surface area contributed by atoms with Crippen LogP contribution in [0.15, 0.2) is 85.7 Å². The maximum absolute atomic E-state index is 16.2. The number of hydrogen-bond donors (Lipinski definition) is 2. The highest BCUT2D eigenvalue weighted by Gasteiger charge is 2.49. The van der Waals surface area contributed by atoms with Crippen molar-refractivity contribution in [2.24, 2.45) is 18.9 Å². The summed E-state index contributed by atoms with van der Waals surface area (Å²) in [7, 11) is 1.51. The number of piperidine rings is 2. The van der Waals surface area contributed by atoms with Gasteiger partial charge in [0, 0.05) is 63.3 Å². The number of nitrogens with zero attached hydrogens (tertiary/aromatic N) is 10. The van der Waals surface area contributed by atoms with E-state index >= 15 is 17.6 Å². The summed E-state index contributed by atoms with van der Waals surface area (Å²) >= 11 is 6.02. The lowest BCUT2D eigenvalue weighted by atomic mass is 9.81. The second-order valence-electron chi connectivity index (χ2n) is 17.8. The Hall–Kier alpha value is -7.28. The molecule has 0 spiro atoms. The standard InChI is InChI=1S/C48H43ClF8N12O2/c1-26-13-46(51,52)24-68(39(26)21-64-44-60-17-32(18-61-44)48(55,56)57)43(71)41-37(23-67(3)66-41)38-12-30(27(2)16-59-38)11-31-14-47(53,54)25-69(40(31)22-65-45-62-19-33(49)20-63-45)42(70)36-10-28(15-58)4-9-35(36)29-5-7-34(50)8-6-29/h4-10,12,16-20,23,26,31,39-40H,11,13-14,21-22,24-25H2,1-3H3,(H,60,61,64)(H,62,63,65)/t26-,31?,39-,40?/m1/s1. The first kappa shape index (κ1) is 50.1. The van der Waals surface area contributed by atoms with E-state index in [0.29, 0.717) is 29.1 Å². The molecule has 2 aliphatic heterocycles. The Labute approximate surface area is 406 Å². The molecule has 6 aromatic rings. The first-order valence-electron chi connectivity index (χ1n) is 22.1. The van der Waals surface area contributed by atoms with Gasteiger partial charge in [-0.15, -0.1) is 0 Å². The van der Waals surface area contributed by atoms with Crippen LogP contribution >= 0.6 is 11.6 Å². The van der Waals surface area contributed by atoms with Crippen molar-refractivity contribution >= 4 is 35.3 Å². The van der Waals surface area contributed by atoms with E-state index in [9.17, 15) is 32.4 Å². The van der Waals surface area contributed by atoms with Gasteiger partial charge >= 0.3 is 6.18 Å². The van der Waals surface area contributed by atoms with Gasteiger partial charge in [0.15, 0.2) is 5.69 Å². The molecule has 6 heterocycles. The number of anilines is 2. The van der Waals surface area contributed by atoms with Gasteiger partial charge in [-0.3, -0.25) is 19.3 Å². The third-order valence-electron chi connectivity index (χ3n) is 12.6. The Bertz CT molecular complexity index is 2970. The second-order valence-corrected chi connectivity index (χ2v) is 18.2. The van der Waals surface area contributed by atoms with Gasteiger partial charge in [0.2, 0.25) is 11.9 Å². The maximum Gasteiger partial charge on any atom is 0.419 e. The lowest BCUT2D eigenvalue weighted by Crippen LogP contribution is -2.58. The average molecular weight is 1010 g/mol. The lowest BCUT2D eigenvalue weighted by molar-refractivity contribution is -0.138. The fourth-order valence-corrected chi connectivity index (χ4v) is 9.26. The smallest absolute Gasteiger partial charge is 0.352 e. The number of nitriles is 1. The predicted molar refractivity (Wildman–Crippen MR) is 244 cm³/mol. The Kier molecular flexibility index (Phi) is 14.0. The van der Waals surface area contributed by atoms with Gasteiger partial charge in [-0.25, -0.2) is 41.9 Å². The van der Waals surface area contributed by atoms with Gasteiger partial charge in [-0.05, 0) is 77.8 Å². The van der Waals surface area contributed by atoms with Crippen molar-refractivity contribution in [3.8, 4) is 28.5 Å². The van der Waals surface area contributed by atoms with Crippen LogP contribution in [0.3, 0.4) is 0 Å². The molecule has 2 fully saturated rings. The van der Waals surface area contributed by atoms with E-state index in [1.165, 1.54) is 85.9 Å². The molecule has 2 aromatic carbocycles. The molecule has 0 bridgehead atoms. The van der Waals surface area contributed by atoms with Crippen LogP contribution in [0.1, 0.15) is 62.9 Å². The summed E-state index contributed by atoms with van der Waals surface area (Å²) in [5, 5.41) is 20.3. The summed E-state index contributed by atoms with van der Waals surface area (Å²) < 4.78 is 118. The van der Waals surface area contributed by atoms with Crippen LogP contribution in [0, 0.1) is 35.9 Å². The number of hydrogen-bond acceptors (Lipinski definition) is 11. The van der Waals surface area contributed by atoms with Crippen molar-refractivity contribution in [2.75, 3.05) is 36.8 Å². The Morgan fingerprint density at radius 1 is 0.817 bits per heavy atom. The summed E-state index contributed by atoms with van der Waals surface area (Å²) in [6.45, 7) is 0.885. The van der Waals surface area contributed by atoms with Crippen molar-refractivity contribution in [1.82, 2.24) is 44.5 Å². The number of aromatic nitrogens is 7. The molecule has 2 N–H and O–H groups in total. The highest BCUT2D eigenvalue weighted by atomic mass is 35.5. The number of likely N-dealkylation sites (tertiary alicyclic amines) is 2. The molecule has 71 heavy (non-hydrogen) atoms. The number of aryl methyl sites for hydroxylation is 2. The van der Waals surface area contributed by atoms with Crippen molar-refractivity contribution in [3.63, 3.8) is 0 Å². The van der Waals surface area contributed by atoms with Gasteiger partial charge < -0.3 is 20.4 Å². The highest BCUT2D eigenvalue weighted by molar-refractivity contribution is 6.30. The normalized spacial score (nSPS) is 19.8. The monoisotopic (exact) mass is 1010 g/mol. The molecule has 14 nitrogen and oxygen atoms in total. The van der Waals surface area contributed by atoms with Crippen LogP contribution in [0.2, 0.25) is 5.02 Å². The Morgan fingerprint density at radius 3 is 2.06 bits per heavy atom. The van der Waals surface area contributed by atoms with Crippen LogP contribution in [0.25, 0.3) is 22.4 Å². The first-order valence-corrected chi connectivity index (χ1v) is 22.5. The minimum absolute atomic E-state index is 0.0668. The number of benzene rings is 2. The molecule has 0 radical (unpaired) electrons. The third kappa shape index (κ3) is 11.4. The van der Waals surface area contributed by atoms with Gasteiger partial charge in [0.25, 0.3) is 23.7 Å². The summed E-state index contributed by atoms with van der Waals surface area (Å²) in [4.78, 5) is 51.7. The molecule has 2 saturated heterocycles. The van der Waals surface area contributed by atoms with E-state index in [1.54, 1.807) is 13.0 Å². The number of rotatable bonds is 12. The van der Waals surface area contributed by atoms with Crippen molar-refractivity contribution in [2.45, 2.75) is 63.2 Å². The number of carbonyl (C=O) groups excluding carboxylic acids is 2. The van der Waals surface area contributed by atoms with E-state index in [4.69, 9.17) is 11.6 Å². The summed E-state index contributed by atoms with van der Waals surface area (Å²) in [6.07, 6.45) is 0.715. The number of halogens is 9. The fourth-order valence-electron chi connectivity index (χ4n) is 9.16. The first-order chi connectivity index (χ1) is 33.6. The molecule has 23 heteroatoms. The SMILES string of the molecule is Cc1cnc(-c2cn(C)nc2C(=O)N2CC(F)(F)C[C@@H](C)[C@H]2CNc2ncc(C(F)(F)F)cn2)cc1CC1CC(F)(F)CN(C(=O)c2cc(C#N)ccc2-c2ccc(F)cc2)C1CNc1ncc(Cl)cn1. The summed E-state index contributed by atoms with van der Waals surface area (Å²) in [5.41, 5.74) is 0.704. The molecule has 4 aromatic heterocycles. The van der Waals surface area contributed by atoms with E-state index in [0.717, 1.165) is 9.80 Å².